The van der Waals surface area contributed by atoms with Crippen LogP contribution in [0.2, 0.25) is 36.3 Å². The van der Waals surface area contributed by atoms with Crippen LogP contribution < -0.4 is 5.73 Å². The Morgan fingerprint density at radius 1 is 0.826 bits per heavy atom. The molecule has 1 fully saturated rings. The van der Waals surface area contributed by atoms with Crippen molar-refractivity contribution in [1.29, 1.82) is 0 Å². The monoisotopic (exact) mass is 355 g/mol. The van der Waals surface area contributed by atoms with Gasteiger partial charge in [-0.15, -0.1) is 0 Å². The third-order valence-electron chi connectivity index (χ3n) is 6.98. The first-order valence-electron chi connectivity index (χ1n) is 8.77. The van der Waals surface area contributed by atoms with E-state index in [0.717, 1.165) is 0 Å². The van der Waals surface area contributed by atoms with Crippen molar-refractivity contribution in [1.82, 2.24) is 0 Å². The van der Waals surface area contributed by atoms with Crippen LogP contribution in [0.3, 0.4) is 0 Å². The van der Waals surface area contributed by atoms with E-state index >= 15 is 0 Å². The third kappa shape index (κ3) is 3.16. The zero-order chi connectivity index (χ0) is 18.6. The van der Waals surface area contributed by atoms with Crippen molar-refractivity contribution in [3.05, 3.63) is 0 Å². The van der Waals surface area contributed by atoms with Crippen molar-refractivity contribution >= 4 is 27.0 Å². The second kappa shape index (κ2) is 5.63. The summed E-state index contributed by atoms with van der Waals surface area (Å²) < 4.78 is 0. The van der Waals surface area contributed by atoms with Gasteiger partial charge >= 0.3 is 0 Å². The van der Waals surface area contributed by atoms with E-state index in [2.05, 4.69) is 67.7 Å². The van der Waals surface area contributed by atoms with Crippen molar-refractivity contribution in [3.63, 3.8) is 0 Å². The SMILES string of the molecule is CC(C)(C)[Si](C)(C)C(=O)C1(C(=O)[Si](C)(C)C(C)(C)C)CC(N)C1. The number of hydrogen-bond donors (Lipinski definition) is 1. The van der Waals surface area contributed by atoms with Crippen LogP contribution in [0.25, 0.3) is 0 Å². The quantitative estimate of drug-likeness (QED) is 0.603. The lowest BCUT2D eigenvalue weighted by Gasteiger charge is -2.53. The summed E-state index contributed by atoms with van der Waals surface area (Å²) in [5, 5.41) is 0.387. The molecule has 0 saturated heterocycles. The highest BCUT2D eigenvalue weighted by atomic mass is 28.3. The van der Waals surface area contributed by atoms with Crippen LogP contribution in [-0.2, 0) is 9.59 Å². The first-order valence-corrected chi connectivity index (χ1v) is 14.8. The number of carbonyl (C=O) groups excluding carboxylic acids is 2. The predicted octanol–water partition coefficient (Wildman–Crippen LogP) is 4.33. The van der Waals surface area contributed by atoms with Crippen LogP contribution in [0.1, 0.15) is 54.4 Å². The zero-order valence-corrected chi connectivity index (χ0v) is 18.9. The zero-order valence-electron chi connectivity index (χ0n) is 16.9. The average Bonchev–Trinajstić information content (AvgIpc) is 2.29. The lowest BCUT2D eigenvalue weighted by molar-refractivity contribution is -0.139. The van der Waals surface area contributed by atoms with Gasteiger partial charge in [0, 0.05) is 6.04 Å². The first kappa shape index (κ1) is 20.8. The fourth-order valence-electron chi connectivity index (χ4n) is 3.19. The summed E-state index contributed by atoms with van der Waals surface area (Å²) in [6, 6.07) is -0.00237. The number of rotatable bonds is 4. The first-order chi connectivity index (χ1) is 9.91. The van der Waals surface area contributed by atoms with E-state index in [-0.39, 0.29) is 26.9 Å². The fourth-order valence-corrected chi connectivity index (χ4v) is 7.70. The summed E-state index contributed by atoms with van der Waals surface area (Å²) in [4.78, 5) is 27.2. The molecule has 0 amide bonds. The molecule has 0 heterocycles. The van der Waals surface area contributed by atoms with Crippen LogP contribution in [0.5, 0.6) is 0 Å². The second-order valence-electron chi connectivity index (χ2n) is 10.7. The summed E-state index contributed by atoms with van der Waals surface area (Å²) in [5.41, 5.74) is 5.27. The standard InChI is InChI=1S/C18H37NO2Si2/c1-16(2,3)22(7,8)14(20)18(11-13(19)12-18)15(21)23(9,10)17(4,5)6/h13H,11-12,19H2,1-10H3. The van der Waals surface area contributed by atoms with Gasteiger partial charge in [-0.1, -0.05) is 67.7 Å². The van der Waals surface area contributed by atoms with Crippen molar-refractivity contribution in [2.75, 3.05) is 0 Å². The van der Waals surface area contributed by atoms with Crippen LogP contribution >= 0.6 is 0 Å². The number of hydrogen-bond acceptors (Lipinski definition) is 3. The fraction of sp³-hybridized carbons (Fsp3) is 0.889. The molecule has 2 N–H and O–H groups in total. The van der Waals surface area contributed by atoms with E-state index in [1.54, 1.807) is 0 Å². The largest absolute Gasteiger partial charge is 0.328 e. The Morgan fingerprint density at radius 3 is 1.26 bits per heavy atom. The van der Waals surface area contributed by atoms with Gasteiger partial charge in [-0.2, -0.15) is 0 Å². The highest BCUT2D eigenvalue weighted by molar-refractivity contribution is 7.12. The smallest absolute Gasteiger partial charge is 0.133 e. The molecule has 0 spiro atoms. The Kier molecular flexibility index (Phi) is 5.09. The van der Waals surface area contributed by atoms with Gasteiger partial charge in [0.15, 0.2) is 0 Å². The van der Waals surface area contributed by atoms with Crippen LogP contribution in [-0.4, -0.2) is 33.0 Å². The Bertz CT molecular complexity index is 464. The third-order valence-corrected chi connectivity index (χ3v) is 17.7. The van der Waals surface area contributed by atoms with E-state index in [1.807, 2.05) is 0 Å². The topological polar surface area (TPSA) is 60.2 Å². The molecule has 1 saturated carbocycles. The molecule has 1 aliphatic carbocycles. The lowest BCUT2D eigenvalue weighted by atomic mass is 9.67. The molecular weight excluding hydrogens is 318 g/mol. The Balaban J connectivity index is 3.36. The van der Waals surface area contributed by atoms with Crippen molar-refractivity contribution in [3.8, 4) is 0 Å². The van der Waals surface area contributed by atoms with E-state index in [1.165, 1.54) is 0 Å². The van der Waals surface area contributed by atoms with E-state index in [0.29, 0.717) is 12.8 Å². The van der Waals surface area contributed by atoms with Gasteiger partial charge in [-0.25, -0.2) is 0 Å². The van der Waals surface area contributed by atoms with Gasteiger partial charge < -0.3 is 15.3 Å². The molecule has 1 rings (SSSR count). The Hall–Kier alpha value is -0.266. The molecule has 23 heavy (non-hydrogen) atoms. The highest BCUT2D eigenvalue weighted by Crippen LogP contribution is 2.52. The van der Waals surface area contributed by atoms with Gasteiger partial charge in [0.25, 0.3) is 0 Å². The molecule has 0 atom stereocenters. The summed E-state index contributed by atoms with van der Waals surface area (Å²) in [6.07, 6.45) is 1.12. The van der Waals surface area contributed by atoms with E-state index < -0.39 is 21.6 Å². The molecule has 3 nitrogen and oxygen atoms in total. The lowest BCUT2D eigenvalue weighted by Crippen LogP contribution is -2.69. The normalized spacial score (nSPS) is 20.1. The molecule has 0 aromatic heterocycles. The number of nitrogens with two attached hydrogens (primary N) is 1. The van der Waals surface area contributed by atoms with E-state index in [9.17, 15) is 9.59 Å². The molecule has 5 heteroatoms. The number of carbonyl (C=O) groups is 2. The van der Waals surface area contributed by atoms with Crippen LogP contribution in [0, 0.1) is 5.41 Å². The van der Waals surface area contributed by atoms with Crippen molar-refractivity contribution in [2.24, 2.45) is 11.1 Å². The maximum absolute atomic E-state index is 13.6. The molecule has 134 valence electrons. The average molecular weight is 356 g/mol. The summed E-state index contributed by atoms with van der Waals surface area (Å²) >= 11 is 0. The maximum Gasteiger partial charge on any atom is 0.133 e. The summed E-state index contributed by atoms with van der Waals surface area (Å²) in [6.45, 7) is 21.3. The highest BCUT2D eigenvalue weighted by Gasteiger charge is 2.64. The molecule has 1 aliphatic rings. The Morgan fingerprint density at radius 2 is 1.09 bits per heavy atom. The molecule has 0 aliphatic heterocycles. The van der Waals surface area contributed by atoms with Gasteiger partial charge in [0.1, 0.15) is 27.0 Å². The van der Waals surface area contributed by atoms with Crippen molar-refractivity contribution < 1.29 is 9.59 Å². The molecule has 0 aromatic carbocycles. The van der Waals surface area contributed by atoms with E-state index in [4.69, 9.17) is 5.73 Å². The van der Waals surface area contributed by atoms with Gasteiger partial charge in [0.05, 0.1) is 5.41 Å². The Labute approximate surface area is 144 Å². The molecule has 0 bridgehead atoms. The minimum Gasteiger partial charge on any atom is -0.328 e. The minimum absolute atomic E-state index is 0.00237. The summed E-state index contributed by atoms with van der Waals surface area (Å²) in [7, 11) is -4.47. The van der Waals surface area contributed by atoms with Gasteiger partial charge in [0.2, 0.25) is 0 Å². The molecule has 0 aromatic rings. The van der Waals surface area contributed by atoms with Crippen molar-refractivity contribution in [2.45, 2.75) is 96.7 Å². The molecule has 0 radical (unpaired) electrons. The molecular formula is C18H37NO2Si2. The molecule has 0 unspecified atom stereocenters. The van der Waals surface area contributed by atoms with Gasteiger partial charge in [-0.05, 0) is 22.9 Å². The summed E-state index contributed by atoms with van der Waals surface area (Å²) in [5.74, 6) is 0. The van der Waals surface area contributed by atoms with Crippen LogP contribution in [0.15, 0.2) is 0 Å². The minimum atomic E-state index is -2.24. The maximum atomic E-state index is 13.6. The predicted molar refractivity (Wildman–Crippen MR) is 104 cm³/mol. The van der Waals surface area contributed by atoms with Gasteiger partial charge in [-0.3, -0.25) is 0 Å². The van der Waals surface area contributed by atoms with Crippen LogP contribution in [0.4, 0.5) is 0 Å². The second-order valence-corrected chi connectivity index (χ2v) is 21.1.